The number of amides is 1. The van der Waals surface area contributed by atoms with Gasteiger partial charge in [-0.15, -0.1) is 0 Å². The Labute approximate surface area is 235 Å². The second kappa shape index (κ2) is 10.6. The van der Waals surface area contributed by atoms with Gasteiger partial charge in [-0.1, -0.05) is 20.8 Å². The summed E-state index contributed by atoms with van der Waals surface area (Å²) in [6.45, 7) is 6.31. The summed E-state index contributed by atoms with van der Waals surface area (Å²) in [4.78, 5) is 12.0. The van der Waals surface area contributed by atoms with Crippen LogP contribution in [0.2, 0.25) is 0 Å². The van der Waals surface area contributed by atoms with Gasteiger partial charge in [0, 0.05) is 12.8 Å². The minimum Gasteiger partial charge on any atom is -0.747 e. The minimum absolute atomic E-state index is 0. The molecular formula is C25H40F2NNaO6S. The van der Waals surface area contributed by atoms with Gasteiger partial charge in [0.2, 0.25) is 5.91 Å². The number of carbonyl (C=O) groups excluding carboxylic acids is 1. The van der Waals surface area contributed by atoms with E-state index < -0.39 is 45.4 Å². The van der Waals surface area contributed by atoms with Crippen LogP contribution >= 0.6 is 0 Å². The van der Waals surface area contributed by atoms with E-state index in [9.17, 15) is 36.8 Å². The van der Waals surface area contributed by atoms with Gasteiger partial charge < -0.3 is 20.1 Å². The normalized spacial score (nSPS) is 44.4. The quantitative estimate of drug-likeness (QED) is 0.326. The topological polar surface area (TPSA) is 127 Å². The average Bonchev–Trinajstić information content (AvgIpc) is 3.09. The van der Waals surface area contributed by atoms with Crippen molar-refractivity contribution in [1.29, 1.82) is 0 Å². The van der Waals surface area contributed by atoms with Crippen LogP contribution in [-0.4, -0.2) is 53.1 Å². The van der Waals surface area contributed by atoms with Crippen molar-refractivity contribution >= 4 is 16.0 Å². The van der Waals surface area contributed by atoms with Gasteiger partial charge in [-0.2, -0.15) is 0 Å². The molecule has 1 amide bonds. The number of hydrogen-bond donors (Lipinski definition) is 3. The molecule has 4 fully saturated rings. The standard InChI is InChI=1S/C25H41F2NO6S.Na/c1-14(4-7-21(31)28-13-35(32,33)34)16-5-6-17-22-18(8-9-23(16,17)2)24(3)12-25(26,27)20(30)11-15(24)10-19(22)29;/h14-20,22,29-30H,4-13H2,1-3H3,(H,28,31)(H,32,33,34);/q;+1/p-1/t14-,15-,16-,17?,18?,19+,20-,22?,23-,24+;/m1./s1. The molecule has 0 aromatic heterocycles. The molecule has 11 heteroatoms. The van der Waals surface area contributed by atoms with Gasteiger partial charge in [-0.05, 0) is 91.3 Å². The molecule has 3 unspecified atom stereocenters. The zero-order chi connectivity index (χ0) is 26.0. The van der Waals surface area contributed by atoms with Crippen molar-refractivity contribution in [2.24, 2.45) is 46.3 Å². The van der Waals surface area contributed by atoms with Gasteiger partial charge in [0.25, 0.3) is 5.92 Å². The molecule has 202 valence electrons. The van der Waals surface area contributed by atoms with Crippen molar-refractivity contribution in [2.45, 2.75) is 96.7 Å². The third kappa shape index (κ3) is 5.56. The van der Waals surface area contributed by atoms with E-state index in [0.717, 1.165) is 25.7 Å². The number of aliphatic hydroxyl groups excluding tert-OH is 2. The Morgan fingerprint density at radius 2 is 1.75 bits per heavy atom. The van der Waals surface area contributed by atoms with E-state index in [4.69, 9.17) is 0 Å². The van der Waals surface area contributed by atoms with Crippen LogP contribution in [0.3, 0.4) is 0 Å². The fraction of sp³-hybridized carbons (Fsp3) is 0.960. The Hall–Kier alpha value is 0.160. The van der Waals surface area contributed by atoms with Crippen LogP contribution in [0.5, 0.6) is 0 Å². The second-order valence-electron chi connectivity index (χ2n) is 12.5. The first-order valence-corrected chi connectivity index (χ1v) is 14.6. The van der Waals surface area contributed by atoms with Crippen molar-refractivity contribution in [3.63, 3.8) is 0 Å². The number of halogens is 2. The predicted octanol–water partition coefficient (Wildman–Crippen LogP) is 0.261. The van der Waals surface area contributed by atoms with Crippen LogP contribution in [0.4, 0.5) is 8.78 Å². The maximum atomic E-state index is 14.7. The molecular weight excluding hydrogens is 503 g/mol. The number of aliphatic hydroxyl groups is 2. The van der Waals surface area contributed by atoms with E-state index in [-0.39, 0.29) is 83.8 Å². The molecule has 10 atom stereocenters. The van der Waals surface area contributed by atoms with Crippen LogP contribution in [0.1, 0.15) is 78.6 Å². The molecule has 0 aromatic carbocycles. The first-order valence-electron chi connectivity index (χ1n) is 13.0. The van der Waals surface area contributed by atoms with Crippen LogP contribution in [0.15, 0.2) is 0 Å². The van der Waals surface area contributed by atoms with Gasteiger partial charge >= 0.3 is 29.6 Å². The van der Waals surface area contributed by atoms with Crippen molar-refractivity contribution in [1.82, 2.24) is 5.32 Å². The van der Waals surface area contributed by atoms with E-state index >= 15 is 0 Å². The second-order valence-corrected chi connectivity index (χ2v) is 13.9. The third-order valence-corrected chi connectivity index (χ3v) is 11.2. The molecule has 4 aliphatic carbocycles. The molecule has 4 aliphatic rings. The molecule has 0 heterocycles. The van der Waals surface area contributed by atoms with Gasteiger partial charge in [-0.3, -0.25) is 4.79 Å². The van der Waals surface area contributed by atoms with Gasteiger partial charge in [0.1, 0.15) is 22.1 Å². The van der Waals surface area contributed by atoms with Crippen LogP contribution in [-0.2, 0) is 14.9 Å². The monoisotopic (exact) mass is 543 g/mol. The molecule has 4 saturated carbocycles. The van der Waals surface area contributed by atoms with Crippen LogP contribution in [0, 0.1) is 46.3 Å². The first-order chi connectivity index (χ1) is 16.1. The number of nitrogens with one attached hydrogen (secondary N) is 1. The average molecular weight is 544 g/mol. The first kappa shape index (κ1) is 30.7. The molecule has 0 radical (unpaired) electrons. The summed E-state index contributed by atoms with van der Waals surface area (Å²) in [6.07, 6.45) is 2.22. The Bertz CT molecular complexity index is 938. The van der Waals surface area contributed by atoms with E-state index in [2.05, 4.69) is 19.2 Å². The Morgan fingerprint density at radius 1 is 1.11 bits per heavy atom. The summed E-state index contributed by atoms with van der Waals surface area (Å²) in [6, 6.07) is 0. The van der Waals surface area contributed by atoms with Gasteiger partial charge in [0.15, 0.2) is 0 Å². The summed E-state index contributed by atoms with van der Waals surface area (Å²) in [5.74, 6) is -3.87. The number of alkyl halides is 2. The smallest absolute Gasteiger partial charge is 0.747 e. The molecule has 3 N–H and O–H groups in total. The zero-order valence-electron chi connectivity index (χ0n) is 21.9. The summed E-state index contributed by atoms with van der Waals surface area (Å²) < 4.78 is 61.5. The largest absolute Gasteiger partial charge is 1.00 e. The van der Waals surface area contributed by atoms with E-state index in [1.54, 1.807) is 0 Å². The summed E-state index contributed by atoms with van der Waals surface area (Å²) in [5, 5.41) is 23.4. The van der Waals surface area contributed by atoms with Crippen molar-refractivity contribution in [2.75, 3.05) is 5.88 Å². The van der Waals surface area contributed by atoms with E-state index in [1.165, 1.54) is 0 Å². The molecule has 0 saturated heterocycles. The molecule has 7 nitrogen and oxygen atoms in total. The Balaban J connectivity index is 0.00000361. The van der Waals surface area contributed by atoms with Crippen molar-refractivity contribution in [3.05, 3.63) is 0 Å². The Kier molecular flexibility index (Phi) is 9.05. The minimum atomic E-state index is -4.51. The van der Waals surface area contributed by atoms with Crippen molar-refractivity contribution < 1.29 is 66.3 Å². The SMILES string of the molecule is C[C@H](CCC(=O)NCS(=O)(=O)[O-])[C@H]1CCC2C3C(CC[C@@]21C)[C@@]1(C)CC(F)(F)[C@H](O)C[C@H]1C[C@@H]3O.[Na+]. The molecule has 0 spiro atoms. The fourth-order valence-corrected chi connectivity index (χ4v) is 9.36. The fourth-order valence-electron chi connectivity index (χ4n) is 9.02. The molecule has 0 bridgehead atoms. The van der Waals surface area contributed by atoms with Crippen LogP contribution in [0.25, 0.3) is 0 Å². The predicted molar refractivity (Wildman–Crippen MR) is 124 cm³/mol. The van der Waals surface area contributed by atoms with Gasteiger partial charge in [0.05, 0.1) is 6.10 Å². The summed E-state index contributed by atoms with van der Waals surface area (Å²) in [5.41, 5.74) is -0.659. The maximum Gasteiger partial charge on any atom is 1.00 e. The van der Waals surface area contributed by atoms with E-state index in [0.29, 0.717) is 18.8 Å². The molecule has 0 aromatic rings. The Morgan fingerprint density at radius 3 is 2.39 bits per heavy atom. The molecule has 4 rings (SSSR count). The van der Waals surface area contributed by atoms with Crippen LogP contribution < -0.4 is 34.9 Å². The number of carbonyl (C=O) groups is 1. The van der Waals surface area contributed by atoms with E-state index in [1.807, 2.05) is 6.92 Å². The van der Waals surface area contributed by atoms with Gasteiger partial charge in [-0.25, -0.2) is 17.2 Å². The third-order valence-electron chi connectivity index (χ3n) is 10.7. The molecule has 36 heavy (non-hydrogen) atoms. The zero-order valence-corrected chi connectivity index (χ0v) is 24.7. The number of fused-ring (bicyclic) bond motifs is 5. The number of hydrogen-bond acceptors (Lipinski definition) is 6. The maximum absolute atomic E-state index is 14.7. The summed E-state index contributed by atoms with van der Waals surface area (Å²) in [7, 11) is -4.51. The molecule has 0 aliphatic heterocycles. The summed E-state index contributed by atoms with van der Waals surface area (Å²) >= 11 is 0. The number of rotatable bonds is 6. The van der Waals surface area contributed by atoms with Crippen molar-refractivity contribution in [3.8, 4) is 0 Å².